The standard InChI is InChI=1S/C11H20N2OS2/c14-16-8-6-13(7-9-16)11(15)12-10-4-2-1-3-5-10/h10H,1-9H2,(H,12,15). The van der Waals surface area contributed by atoms with E-state index < -0.39 is 10.8 Å². The highest BCUT2D eigenvalue weighted by Crippen LogP contribution is 2.17. The van der Waals surface area contributed by atoms with Crippen LogP contribution in [0, 0.1) is 0 Å². The van der Waals surface area contributed by atoms with E-state index in [1.165, 1.54) is 32.1 Å². The summed E-state index contributed by atoms with van der Waals surface area (Å²) >= 11 is 5.41. The van der Waals surface area contributed by atoms with Crippen molar-refractivity contribution in [3.8, 4) is 0 Å². The van der Waals surface area contributed by atoms with Gasteiger partial charge in [-0.25, -0.2) is 0 Å². The van der Waals surface area contributed by atoms with Gasteiger partial charge in [0.15, 0.2) is 5.11 Å². The van der Waals surface area contributed by atoms with Crippen molar-refractivity contribution >= 4 is 28.1 Å². The topological polar surface area (TPSA) is 32.3 Å². The van der Waals surface area contributed by atoms with E-state index in [2.05, 4.69) is 10.2 Å². The van der Waals surface area contributed by atoms with Gasteiger partial charge in [0.2, 0.25) is 0 Å². The van der Waals surface area contributed by atoms with E-state index in [4.69, 9.17) is 12.2 Å². The van der Waals surface area contributed by atoms with Crippen LogP contribution < -0.4 is 5.32 Å². The molecule has 1 aliphatic carbocycles. The molecule has 1 heterocycles. The third kappa shape index (κ3) is 3.42. The normalized spacial score (nSPS) is 24.4. The van der Waals surface area contributed by atoms with Crippen molar-refractivity contribution < 1.29 is 4.21 Å². The fraction of sp³-hybridized carbons (Fsp3) is 0.909. The number of nitrogens with one attached hydrogen (secondary N) is 1. The third-order valence-electron chi connectivity index (χ3n) is 3.40. The molecule has 0 unspecified atom stereocenters. The quantitative estimate of drug-likeness (QED) is 0.720. The lowest BCUT2D eigenvalue weighted by molar-refractivity contribution is 0.384. The van der Waals surface area contributed by atoms with Gasteiger partial charge in [0, 0.05) is 41.4 Å². The zero-order chi connectivity index (χ0) is 11.4. The van der Waals surface area contributed by atoms with Gasteiger partial charge in [-0.2, -0.15) is 0 Å². The smallest absolute Gasteiger partial charge is 0.169 e. The SMILES string of the molecule is O=S1CCN(C(=S)NC2CCCCC2)CC1. The second-order valence-corrected chi connectivity index (χ2v) is 6.70. The number of thiocarbonyl (C=S) groups is 1. The number of hydrogen-bond donors (Lipinski definition) is 1. The maximum absolute atomic E-state index is 11.2. The van der Waals surface area contributed by atoms with Crippen molar-refractivity contribution in [2.45, 2.75) is 38.1 Å². The van der Waals surface area contributed by atoms with Crippen LogP contribution in [0.25, 0.3) is 0 Å². The minimum atomic E-state index is -0.613. The third-order valence-corrected chi connectivity index (χ3v) is 5.05. The number of hydrogen-bond acceptors (Lipinski definition) is 2. The predicted octanol–water partition coefficient (Wildman–Crippen LogP) is 1.26. The summed E-state index contributed by atoms with van der Waals surface area (Å²) in [6.45, 7) is 1.70. The first-order valence-corrected chi connectivity index (χ1v) is 8.06. The molecule has 0 aromatic rings. The van der Waals surface area contributed by atoms with Crippen LogP contribution in [-0.2, 0) is 10.8 Å². The summed E-state index contributed by atoms with van der Waals surface area (Å²) in [5.41, 5.74) is 0. The Morgan fingerprint density at radius 1 is 1.19 bits per heavy atom. The molecular weight excluding hydrogens is 240 g/mol. The van der Waals surface area contributed by atoms with Crippen LogP contribution >= 0.6 is 12.2 Å². The van der Waals surface area contributed by atoms with Gasteiger partial charge in [-0.15, -0.1) is 0 Å². The van der Waals surface area contributed by atoms with Crippen LogP contribution in [0.15, 0.2) is 0 Å². The largest absolute Gasteiger partial charge is 0.360 e. The molecule has 2 fully saturated rings. The van der Waals surface area contributed by atoms with E-state index in [1.54, 1.807) is 0 Å². The zero-order valence-electron chi connectivity index (χ0n) is 9.61. The second kappa shape index (κ2) is 5.96. The molecule has 92 valence electrons. The first-order valence-electron chi connectivity index (χ1n) is 6.16. The van der Waals surface area contributed by atoms with Crippen molar-refractivity contribution in [3.05, 3.63) is 0 Å². The van der Waals surface area contributed by atoms with Crippen LogP contribution in [-0.4, -0.2) is 44.9 Å². The molecule has 2 aliphatic rings. The molecule has 0 aromatic heterocycles. The van der Waals surface area contributed by atoms with E-state index in [1.807, 2.05) is 0 Å². The Labute approximate surface area is 105 Å². The molecule has 1 aliphatic heterocycles. The molecule has 0 spiro atoms. The van der Waals surface area contributed by atoms with E-state index >= 15 is 0 Å². The summed E-state index contributed by atoms with van der Waals surface area (Å²) in [6.07, 6.45) is 6.52. The Kier molecular flexibility index (Phi) is 4.58. The van der Waals surface area contributed by atoms with Crippen molar-refractivity contribution in [3.63, 3.8) is 0 Å². The Bertz CT molecular complexity index is 267. The van der Waals surface area contributed by atoms with Crippen molar-refractivity contribution in [2.24, 2.45) is 0 Å². The molecule has 2 rings (SSSR count). The van der Waals surface area contributed by atoms with Gasteiger partial charge in [0.1, 0.15) is 0 Å². The molecule has 1 saturated heterocycles. The van der Waals surface area contributed by atoms with Gasteiger partial charge in [-0.05, 0) is 25.1 Å². The van der Waals surface area contributed by atoms with Crippen molar-refractivity contribution in [2.75, 3.05) is 24.6 Å². The fourth-order valence-electron chi connectivity index (χ4n) is 2.35. The van der Waals surface area contributed by atoms with Crippen LogP contribution in [0.3, 0.4) is 0 Å². The lowest BCUT2D eigenvalue weighted by atomic mass is 9.96. The summed E-state index contributed by atoms with van der Waals surface area (Å²) in [5, 5.41) is 4.34. The first-order chi connectivity index (χ1) is 7.75. The van der Waals surface area contributed by atoms with Crippen molar-refractivity contribution in [1.82, 2.24) is 10.2 Å². The van der Waals surface area contributed by atoms with Gasteiger partial charge >= 0.3 is 0 Å². The van der Waals surface area contributed by atoms with Crippen molar-refractivity contribution in [1.29, 1.82) is 0 Å². The second-order valence-electron chi connectivity index (χ2n) is 4.62. The summed E-state index contributed by atoms with van der Waals surface area (Å²) in [4.78, 5) is 2.17. The number of nitrogens with zero attached hydrogens (tertiary/aromatic N) is 1. The maximum atomic E-state index is 11.2. The lowest BCUT2D eigenvalue weighted by Crippen LogP contribution is -2.49. The number of rotatable bonds is 1. The van der Waals surface area contributed by atoms with Gasteiger partial charge in [0.05, 0.1) is 0 Å². The molecule has 0 amide bonds. The molecule has 3 nitrogen and oxygen atoms in total. The van der Waals surface area contributed by atoms with Gasteiger partial charge < -0.3 is 10.2 Å². The molecule has 1 N–H and O–H groups in total. The Morgan fingerprint density at radius 3 is 2.44 bits per heavy atom. The molecule has 0 bridgehead atoms. The van der Waals surface area contributed by atoms with Crippen LogP contribution in [0.1, 0.15) is 32.1 Å². The first kappa shape index (κ1) is 12.3. The monoisotopic (exact) mass is 260 g/mol. The van der Waals surface area contributed by atoms with E-state index in [-0.39, 0.29) is 0 Å². The van der Waals surface area contributed by atoms with Crippen LogP contribution in [0.5, 0.6) is 0 Å². The average molecular weight is 260 g/mol. The lowest BCUT2D eigenvalue weighted by Gasteiger charge is -2.32. The Morgan fingerprint density at radius 2 is 1.81 bits per heavy atom. The van der Waals surface area contributed by atoms with E-state index in [9.17, 15) is 4.21 Å². The summed E-state index contributed by atoms with van der Waals surface area (Å²) in [5.74, 6) is 1.54. The molecule has 1 saturated carbocycles. The molecule has 0 aromatic carbocycles. The van der Waals surface area contributed by atoms with Crippen LogP contribution in [0.2, 0.25) is 0 Å². The Hall–Kier alpha value is -0.160. The fourth-order valence-corrected chi connectivity index (χ4v) is 3.76. The maximum Gasteiger partial charge on any atom is 0.169 e. The highest BCUT2D eigenvalue weighted by atomic mass is 32.2. The highest BCUT2D eigenvalue weighted by molar-refractivity contribution is 7.85. The highest BCUT2D eigenvalue weighted by Gasteiger charge is 2.20. The van der Waals surface area contributed by atoms with Gasteiger partial charge in [-0.1, -0.05) is 19.3 Å². The minimum Gasteiger partial charge on any atom is -0.360 e. The van der Waals surface area contributed by atoms with E-state index in [0.29, 0.717) is 6.04 Å². The van der Waals surface area contributed by atoms with Crippen LogP contribution in [0.4, 0.5) is 0 Å². The summed E-state index contributed by atoms with van der Waals surface area (Å²) in [6, 6.07) is 0.577. The minimum absolute atomic E-state index is 0.577. The zero-order valence-corrected chi connectivity index (χ0v) is 11.2. The average Bonchev–Trinajstić information content (AvgIpc) is 2.31. The van der Waals surface area contributed by atoms with E-state index in [0.717, 1.165) is 29.7 Å². The Balaban J connectivity index is 1.76. The molecular formula is C11H20N2OS2. The molecule has 5 heteroatoms. The molecule has 0 atom stereocenters. The molecule has 16 heavy (non-hydrogen) atoms. The van der Waals surface area contributed by atoms with Gasteiger partial charge in [-0.3, -0.25) is 4.21 Å². The molecule has 0 radical (unpaired) electrons. The summed E-state index contributed by atoms with van der Waals surface area (Å²) < 4.78 is 11.2. The van der Waals surface area contributed by atoms with Gasteiger partial charge in [0.25, 0.3) is 0 Å². The predicted molar refractivity (Wildman–Crippen MR) is 72.1 cm³/mol. The summed E-state index contributed by atoms with van der Waals surface area (Å²) in [7, 11) is -0.613.